The molecule has 2 fully saturated rings. The third kappa shape index (κ3) is 3.09. The number of likely N-dealkylation sites (tertiary alicyclic amines) is 1. The van der Waals surface area contributed by atoms with E-state index in [0.29, 0.717) is 18.7 Å². The zero-order valence-electron chi connectivity index (χ0n) is 12.6. The van der Waals surface area contributed by atoms with Crippen LogP contribution in [0, 0.1) is 24.0 Å². The molecule has 1 aliphatic heterocycles. The van der Waals surface area contributed by atoms with Crippen LogP contribution in [0.4, 0.5) is 8.78 Å². The van der Waals surface area contributed by atoms with Crippen LogP contribution < -0.4 is 4.74 Å². The fourth-order valence-electron chi connectivity index (χ4n) is 3.12. The second-order valence-corrected chi connectivity index (χ2v) is 6.57. The number of hydrogen-bond acceptors (Lipinski definition) is 4. The maximum atomic E-state index is 13.6. The lowest BCUT2D eigenvalue weighted by Gasteiger charge is -2.20. The van der Waals surface area contributed by atoms with Crippen molar-refractivity contribution >= 4 is 0 Å². The number of aryl methyl sites for hydroxylation is 1. The Balaban J connectivity index is 1.50. The summed E-state index contributed by atoms with van der Waals surface area (Å²) in [6.45, 7) is 3.18. The summed E-state index contributed by atoms with van der Waals surface area (Å²) < 4.78 is 32.0. The summed E-state index contributed by atoms with van der Waals surface area (Å²) in [5, 5.41) is 20.0. The van der Waals surface area contributed by atoms with Crippen molar-refractivity contribution in [2.24, 2.45) is 5.41 Å². The number of rotatable bonds is 5. The van der Waals surface area contributed by atoms with Crippen molar-refractivity contribution < 1.29 is 23.7 Å². The number of aliphatic hydroxyl groups excluding tert-OH is 2. The molecule has 1 heterocycles. The van der Waals surface area contributed by atoms with Gasteiger partial charge in [0.05, 0.1) is 6.10 Å². The van der Waals surface area contributed by atoms with Gasteiger partial charge in [0.1, 0.15) is 18.5 Å². The summed E-state index contributed by atoms with van der Waals surface area (Å²) in [5.41, 5.74) is 0.338. The Morgan fingerprint density at radius 2 is 2.09 bits per heavy atom. The summed E-state index contributed by atoms with van der Waals surface area (Å²) in [5.74, 6) is -1.45. The van der Waals surface area contributed by atoms with Gasteiger partial charge in [0.25, 0.3) is 0 Å². The topological polar surface area (TPSA) is 52.9 Å². The van der Waals surface area contributed by atoms with Crippen molar-refractivity contribution in [3.63, 3.8) is 0 Å². The molecule has 0 amide bonds. The summed E-state index contributed by atoms with van der Waals surface area (Å²) in [6, 6.07) is 2.07. The van der Waals surface area contributed by atoms with E-state index in [1.807, 2.05) is 4.90 Å². The Labute approximate surface area is 128 Å². The number of aliphatic hydroxyl groups is 2. The minimum atomic E-state index is -0.786. The van der Waals surface area contributed by atoms with Crippen LogP contribution >= 0.6 is 0 Å². The Hall–Kier alpha value is -1.24. The van der Waals surface area contributed by atoms with Crippen LogP contribution in [0.1, 0.15) is 18.4 Å². The van der Waals surface area contributed by atoms with Crippen LogP contribution in [0.25, 0.3) is 0 Å². The van der Waals surface area contributed by atoms with Gasteiger partial charge in [0.15, 0.2) is 11.6 Å². The molecule has 4 nitrogen and oxygen atoms in total. The summed E-state index contributed by atoms with van der Waals surface area (Å²) in [4.78, 5) is 2.01. The van der Waals surface area contributed by atoms with E-state index < -0.39 is 17.7 Å². The van der Waals surface area contributed by atoms with Gasteiger partial charge in [-0.25, -0.2) is 8.78 Å². The molecule has 1 aromatic carbocycles. The average Bonchev–Trinajstić information content (AvgIpc) is 3.15. The van der Waals surface area contributed by atoms with Gasteiger partial charge >= 0.3 is 0 Å². The van der Waals surface area contributed by atoms with Crippen molar-refractivity contribution in [1.29, 1.82) is 0 Å². The van der Waals surface area contributed by atoms with Crippen LogP contribution in [0.15, 0.2) is 12.1 Å². The average molecular weight is 313 g/mol. The molecule has 1 spiro atoms. The van der Waals surface area contributed by atoms with Gasteiger partial charge in [-0.2, -0.15) is 0 Å². The minimum Gasteiger partial charge on any atom is -0.488 e. The number of hydrogen-bond donors (Lipinski definition) is 2. The molecule has 0 bridgehead atoms. The minimum absolute atomic E-state index is 0.0424. The Kier molecular flexibility index (Phi) is 4.09. The molecular weight excluding hydrogens is 292 g/mol. The lowest BCUT2D eigenvalue weighted by atomic mass is 10.0. The van der Waals surface area contributed by atoms with E-state index in [1.54, 1.807) is 0 Å². The predicted molar refractivity (Wildman–Crippen MR) is 76.7 cm³/mol. The van der Waals surface area contributed by atoms with Gasteiger partial charge in [-0.15, -0.1) is 0 Å². The zero-order valence-corrected chi connectivity index (χ0v) is 12.6. The monoisotopic (exact) mass is 313 g/mol. The first-order chi connectivity index (χ1) is 10.4. The highest BCUT2D eigenvalue weighted by Gasteiger charge is 2.54. The molecule has 6 heteroatoms. The Morgan fingerprint density at radius 1 is 1.36 bits per heavy atom. The normalized spacial score (nSPS) is 24.7. The molecule has 0 aromatic heterocycles. The molecule has 3 rings (SSSR count). The number of benzene rings is 1. The molecule has 1 aliphatic carbocycles. The molecular formula is C16H21F2NO3. The van der Waals surface area contributed by atoms with Crippen LogP contribution in [-0.4, -0.2) is 53.6 Å². The predicted octanol–water partition coefficient (Wildman–Crippen LogP) is 1.47. The Bertz CT molecular complexity index is 563. The van der Waals surface area contributed by atoms with E-state index in [9.17, 15) is 19.0 Å². The van der Waals surface area contributed by atoms with Crippen molar-refractivity contribution in [3.8, 4) is 5.75 Å². The number of halogens is 2. The lowest BCUT2D eigenvalue weighted by Crippen LogP contribution is -2.35. The van der Waals surface area contributed by atoms with E-state index in [1.165, 1.54) is 13.0 Å². The molecule has 1 aromatic rings. The van der Waals surface area contributed by atoms with Crippen molar-refractivity contribution in [2.75, 3.05) is 26.2 Å². The third-order valence-corrected chi connectivity index (χ3v) is 4.68. The van der Waals surface area contributed by atoms with E-state index in [-0.39, 0.29) is 23.9 Å². The largest absolute Gasteiger partial charge is 0.488 e. The molecule has 2 unspecified atom stereocenters. The molecule has 1 saturated carbocycles. The SMILES string of the molecule is Cc1cc(OCC(O)CN2CC(O)C3(CC3)C2)c(F)cc1F. The van der Waals surface area contributed by atoms with Crippen LogP contribution in [0.5, 0.6) is 5.75 Å². The van der Waals surface area contributed by atoms with Gasteiger partial charge in [-0.05, 0) is 31.4 Å². The third-order valence-electron chi connectivity index (χ3n) is 4.68. The summed E-state index contributed by atoms with van der Waals surface area (Å²) in [6.07, 6.45) is 0.970. The highest BCUT2D eigenvalue weighted by Crippen LogP contribution is 2.52. The number of β-amino-alcohol motifs (C(OH)–C–C–N with tert-alkyl or cyclic N) is 2. The number of nitrogens with zero attached hydrogens (tertiary/aromatic N) is 1. The first-order valence-corrected chi connectivity index (χ1v) is 7.56. The second-order valence-electron chi connectivity index (χ2n) is 6.57. The van der Waals surface area contributed by atoms with Crippen molar-refractivity contribution in [1.82, 2.24) is 4.90 Å². The van der Waals surface area contributed by atoms with E-state index in [0.717, 1.165) is 25.5 Å². The fraction of sp³-hybridized carbons (Fsp3) is 0.625. The van der Waals surface area contributed by atoms with Crippen LogP contribution in [-0.2, 0) is 0 Å². The lowest BCUT2D eigenvalue weighted by molar-refractivity contribution is 0.0692. The van der Waals surface area contributed by atoms with Crippen LogP contribution in [0.2, 0.25) is 0 Å². The smallest absolute Gasteiger partial charge is 0.167 e. The second kappa shape index (κ2) is 5.76. The molecule has 2 aliphatic rings. The Morgan fingerprint density at radius 3 is 2.73 bits per heavy atom. The van der Waals surface area contributed by atoms with Gasteiger partial charge in [-0.3, -0.25) is 4.90 Å². The standard InChI is InChI=1S/C16H21F2NO3/c1-10-4-14(13(18)5-12(10)17)22-8-11(20)6-19-7-15(21)16(9-19)2-3-16/h4-5,11,15,20-21H,2-3,6-9H2,1H3. The van der Waals surface area contributed by atoms with E-state index in [2.05, 4.69) is 0 Å². The molecule has 2 N–H and O–H groups in total. The molecule has 2 atom stereocenters. The van der Waals surface area contributed by atoms with Gasteiger partial charge in [-0.1, -0.05) is 0 Å². The van der Waals surface area contributed by atoms with E-state index in [4.69, 9.17) is 4.74 Å². The number of ether oxygens (including phenoxy) is 1. The molecule has 0 radical (unpaired) electrons. The first kappa shape index (κ1) is 15.6. The van der Waals surface area contributed by atoms with E-state index >= 15 is 0 Å². The maximum Gasteiger partial charge on any atom is 0.167 e. The highest BCUT2D eigenvalue weighted by atomic mass is 19.1. The van der Waals surface area contributed by atoms with Gasteiger partial charge in [0.2, 0.25) is 0 Å². The van der Waals surface area contributed by atoms with Crippen molar-refractivity contribution in [2.45, 2.75) is 32.0 Å². The van der Waals surface area contributed by atoms with Crippen molar-refractivity contribution in [3.05, 3.63) is 29.3 Å². The highest BCUT2D eigenvalue weighted by molar-refractivity contribution is 5.30. The fourth-order valence-corrected chi connectivity index (χ4v) is 3.12. The maximum absolute atomic E-state index is 13.6. The molecule has 1 saturated heterocycles. The molecule has 22 heavy (non-hydrogen) atoms. The molecule has 122 valence electrons. The van der Waals surface area contributed by atoms with Gasteiger partial charge in [0, 0.05) is 31.1 Å². The summed E-state index contributed by atoms with van der Waals surface area (Å²) in [7, 11) is 0. The van der Waals surface area contributed by atoms with Gasteiger partial charge < -0.3 is 14.9 Å². The summed E-state index contributed by atoms with van der Waals surface area (Å²) >= 11 is 0. The van der Waals surface area contributed by atoms with Crippen LogP contribution in [0.3, 0.4) is 0 Å². The quantitative estimate of drug-likeness (QED) is 0.864. The first-order valence-electron chi connectivity index (χ1n) is 7.56. The zero-order chi connectivity index (χ0) is 15.9.